The number of fused-ring (bicyclic) bond motifs is 1. The van der Waals surface area contributed by atoms with Gasteiger partial charge in [0.05, 0.1) is 11.1 Å². The first kappa shape index (κ1) is 20.4. The Labute approximate surface area is 179 Å². The van der Waals surface area contributed by atoms with Gasteiger partial charge in [0.15, 0.2) is 0 Å². The average Bonchev–Trinajstić information content (AvgIpc) is 3.02. The molecule has 0 bridgehead atoms. The van der Waals surface area contributed by atoms with Crippen molar-refractivity contribution in [1.29, 1.82) is 0 Å². The predicted octanol–water partition coefficient (Wildman–Crippen LogP) is 4.72. The molecule has 0 radical (unpaired) electrons. The van der Waals surface area contributed by atoms with E-state index in [0.717, 1.165) is 10.5 Å². The van der Waals surface area contributed by atoms with Crippen LogP contribution in [0.5, 0.6) is 0 Å². The second kappa shape index (κ2) is 7.43. The molecule has 2 heterocycles. The van der Waals surface area contributed by atoms with Crippen molar-refractivity contribution in [3.8, 4) is 0 Å². The topological polar surface area (TPSA) is 60.4 Å². The molecule has 0 saturated heterocycles. The van der Waals surface area contributed by atoms with Crippen molar-refractivity contribution in [2.45, 2.75) is 25.4 Å². The number of benzene rings is 2. The van der Waals surface area contributed by atoms with Gasteiger partial charge in [0.25, 0.3) is 12.0 Å². The van der Waals surface area contributed by atoms with E-state index >= 15 is 0 Å². The van der Waals surface area contributed by atoms with E-state index in [9.17, 15) is 18.0 Å². The number of hydrogen-bond acceptors (Lipinski definition) is 3. The lowest BCUT2D eigenvalue weighted by molar-refractivity contribution is 0.148. The molecular formula is C22H17BrF3N3O. The number of nitrogens with zero attached hydrogens (tertiary/aromatic N) is 2. The van der Waals surface area contributed by atoms with Gasteiger partial charge in [0.1, 0.15) is 17.2 Å². The molecule has 154 valence electrons. The number of aromatic nitrogens is 1. The minimum atomic E-state index is -2.97. The van der Waals surface area contributed by atoms with Crippen molar-refractivity contribution in [2.75, 3.05) is 0 Å². The maximum atomic E-state index is 14.7. The number of nitrogens with two attached hydrogens (primary N) is 1. The minimum absolute atomic E-state index is 0.0316. The third kappa shape index (κ3) is 2.98. The third-order valence-electron chi connectivity index (χ3n) is 5.30. The number of amidine groups is 1. The highest BCUT2D eigenvalue weighted by Gasteiger charge is 2.45. The molecule has 30 heavy (non-hydrogen) atoms. The van der Waals surface area contributed by atoms with Crippen molar-refractivity contribution in [3.63, 3.8) is 0 Å². The second-order valence-electron chi connectivity index (χ2n) is 6.96. The summed E-state index contributed by atoms with van der Waals surface area (Å²) in [5.41, 5.74) is 4.81. The molecular weight excluding hydrogens is 459 g/mol. The van der Waals surface area contributed by atoms with E-state index in [0.29, 0.717) is 16.7 Å². The van der Waals surface area contributed by atoms with Crippen LogP contribution < -0.4 is 11.3 Å². The fourth-order valence-corrected chi connectivity index (χ4v) is 4.35. The summed E-state index contributed by atoms with van der Waals surface area (Å²) in [7, 11) is 0. The lowest BCUT2D eigenvalue weighted by atomic mass is 9.77. The van der Waals surface area contributed by atoms with Gasteiger partial charge in [-0.25, -0.2) is 18.2 Å². The largest absolute Gasteiger partial charge is 0.383 e. The Bertz CT molecular complexity index is 1240. The van der Waals surface area contributed by atoms with Gasteiger partial charge in [-0.05, 0) is 36.8 Å². The number of alkyl halides is 2. The Morgan fingerprint density at radius 3 is 2.57 bits per heavy atom. The Morgan fingerprint density at radius 1 is 1.17 bits per heavy atom. The Kier molecular flexibility index (Phi) is 5.05. The van der Waals surface area contributed by atoms with Crippen molar-refractivity contribution >= 4 is 21.8 Å². The van der Waals surface area contributed by atoms with Crippen LogP contribution in [0.25, 0.3) is 0 Å². The van der Waals surface area contributed by atoms with Gasteiger partial charge in [-0.3, -0.25) is 4.79 Å². The van der Waals surface area contributed by atoms with Crippen LogP contribution in [-0.2, 0) is 12.1 Å². The number of rotatable bonds is 4. The van der Waals surface area contributed by atoms with Crippen LogP contribution in [0.1, 0.15) is 41.2 Å². The molecule has 4 nitrogen and oxygen atoms in total. The van der Waals surface area contributed by atoms with Gasteiger partial charge in [-0.1, -0.05) is 40.2 Å². The zero-order valence-corrected chi connectivity index (χ0v) is 17.5. The number of halogens is 4. The van der Waals surface area contributed by atoms with Crippen LogP contribution in [0.2, 0.25) is 0 Å². The first-order chi connectivity index (χ1) is 14.3. The van der Waals surface area contributed by atoms with E-state index in [1.54, 1.807) is 31.2 Å². The molecule has 1 aliphatic heterocycles. The normalized spacial score (nSPS) is 17.9. The average molecular weight is 476 g/mol. The van der Waals surface area contributed by atoms with Gasteiger partial charge in [-0.2, -0.15) is 0 Å². The molecule has 3 aromatic rings. The Morgan fingerprint density at radius 2 is 1.90 bits per heavy atom. The standard InChI is InChI=1S/C22H17BrF3N3O/c1-2-29-11-13(10-15(19(25)26)21(29)30)22(12-5-3-6-14(23)9-12)16-7-4-8-17(24)18(16)20(27)28-22/h3-11,19H,2H2,1H3,(H2,27,28). The van der Waals surface area contributed by atoms with E-state index in [2.05, 4.69) is 20.9 Å². The molecule has 2 aromatic carbocycles. The fourth-order valence-electron chi connectivity index (χ4n) is 3.95. The molecule has 1 atom stereocenters. The molecule has 2 N–H and O–H groups in total. The zero-order valence-electron chi connectivity index (χ0n) is 15.9. The van der Waals surface area contributed by atoms with Gasteiger partial charge in [0.2, 0.25) is 0 Å². The number of pyridine rings is 1. The van der Waals surface area contributed by atoms with Gasteiger partial charge in [-0.15, -0.1) is 0 Å². The zero-order chi connectivity index (χ0) is 21.6. The molecule has 1 aliphatic rings. The smallest absolute Gasteiger partial charge is 0.269 e. The van der Waals surface area contributed by atoms with Gasteiger partial charge >= 0.3 is 0 Å². The highest BCUT2D eigenvalue weighted by molar-refractivity contribution is 9.10. The highest BCUT2D eigenvalue weighted by atomic mass is 79.9. The van der Waals surface area contributed by atoms with Crippen LogP contribution in [-0.4, -0.2) is 10.4 Å². The maximum absolute atomic E-state index is 14.7. The third-order valence-corrected chi connectivity index (χ3v) is 5.79. The monoisotopic (exact) mass is 475 g/mol. The van der Waals surface area contributed by atoms with Gasteiger partial charge in [0, 0.05) is 28.3 Å². The number of aliphatic imine (C=N–C) groups is 1. The summed E-state index contributed by atoms with van der Waals surface area (Å²) in [4.78, 5) is 17.0. The van der Waals surface area contributed by atoms with Crippen LogP contribution >= 0.6 is 15.9 Å². The van der Waals surface area contributed by atoms with Crippen molar-refractivity contribution in [1.82, 2.24) is 4.57 Å². The maximum Gasteiger partial charge on any atom is 0.269 e. The first-order valence-electron chi connectivity index (χ1n) is 9.23. The summed E-state index contributed by atoms with van der Waals surface area (Å²) < 4.78 is 44.0. The molecule has 8 heteroatoms. The van der Waals surface area contributed by atoms with Crippen LogP contribution in [0.4, 0.5) is 13.2 Å². The lowest BCUT2D eigenvalue weighted by Crippen LogP contribution is -2.31. The van der Waals surface area contributed by atoms with E-state index < -0.39 is 28.9 Å². The fraction of sp³-hybridized carbons (Fsp3) is 0.182. The molecule has 0 saturated carbocycles. The number of hydrogen-bond donors (Lipinski definition) is 1. The van der Waals surface area contributed by atoms with E-state index in [1.807, 2.05) is 6.07 Å². The lowest BCUT2D eigenvalue weighted by Gasteiger charge is -2.30. The molecule has 0 fully saturated rings. The van der Waals surface area contributed by atoms with Crippen LogP contribution in [0.3, 0.4) is 0 Å². The van der Waals surface area contributed by atoms with E-state index in [4.69, 9.17) is 5.73 Å². The van der Waals surface area contributed by atoms with E-state index in [1.165, 1.54) is 22.9 Å². The summed E-state index contributed by atoms with van der Waals surface area (Å²) in [6, 6.07) is 12.8. The van der Waals surface area contributed by atoms with E-state index in [-0.39, 0.29) is 17.9 Å². The SMILES string of the molecule is CCn1cc(C2(c3cccc(Br)c3)N=C(N)c3c(F)cccc32)cc(C(F)F)c1=O. The minimum Gasteiger partial charge on any atom is -0.383 e. The number of aryl methyl sites for hydroxylation is 1. The molecule has 0 aliphatic carbocycles. The molecule has 4 rings (SSSR count). The van der Waals surface area contributed by atoms with Crippen molar-refractivity contribution in [3.05, 3.63) is 103 Å². The summed E-state index contributed by atoms with van der Waals surface area (Å²) >= 11 is 3.42. The van der Waals surface area contributed by atoms with Gasteiger partial charge < -0.3 is 10.3 Å². The first-order valence-corrected chi connectivity index (χ1v) is 10.0. The van der Waals surface area contributed by atoms with Crippen molar-refractivity contribution in [2.24, 2.45) is 10.7 Å². The molecule has 0 spiro atoms. The van der Waals surface area contributed by atoms with Crippen LogP contribution in [0.15, 0.2) is 69.0 Å². The molecule has 0 amide bonds. The highest BCUT2D eigenvalue weighted by Crippen LogP contribution is 2.47. The van der Waals surface area contributed by atoms with Crippen molar-refractivity contribution < 1.29 is 13.2 Å². The Balaban J connectivity index is 2.15. The summed E-state index contributed by atoms with van der Waals surface area (Å²) in [6.45, 7) is 1.88. The molecule has 1 unspecified atom stereocenters. The summed E-state index contributed by atoms with van der Waals surface area (Å²) in [6.07, 6.45) is -1.48. The molecule has 1 aromatic heterocycles. The second-order valence-corrected chi connectivity index (χ2v) is 7.87. The quantitative estimate of drug-likeness (QED) is 0.593. The summed E-state index contributed by atoms with van der Waals surface area (Å²) in [5.74, 6) is -0.584. The summed E-state index contributed by atoms with van der Waals surface area (Å²) in [5, 5.41) is 0. The predicted molar refractivity (Wildman–Crippen MR) is 112 cm³/mol. The Hall–Kier alpha value is -2.87. The van der Waals surface area contributed by atoms with Crippen LogP contribution in [0, 0.1) is 5.82 Å².